The SMILES string of the molecule is CN(c1ccc(-c2ccccc2)cc1)c1ccc2c(c1)C(C)(C)c1ccc(-c3cccc(-c4ccc(N(C)c5ccc6c(c5)sc5cc(-c7cccc(-c8ccc(N(C)c9ccc%10c(c9)oc9ccccc9%10)cc8)c7)ccc56)cc4)c3)cc1-2. The molecule has 0 bridgehead atoms. The summed E-state index contributed by atoms with van der Waals surface area (Å²) in [6.07, 6.45) is 0. The van der Waals surface area contributed by atoms with E-state index in [0.29, 0.717) is 0 Å². The monoisotopic (exact) mass is 1090 g/mol. The molecule has 0 amide bonds. The summed E-state index contributed by atoms with van der Waals surface area (Å²) in [6.45, 7) is 4.73. The first-order valence-corrected chi connectivity index (χ1v) is 29.4. The molecule has 0 atom stereocenters. The van der Waals surface area contributed by atoms with Crippen LogP contribution in [0.15, 0.2) is 271 Å². The molecule has 12 aromatic carbocycles. The Bertz CT molecular complexity index is 4800. The summed E-state index contributed by atoms with van der Waals surface area (Å²) in [4.78, 5) is 6.80. The third-order valence-electron chi connectivity index (χ3n) is 17.6. The van der Waals surface area contributed by atoms with Gasteiger partial charge in [0.25, 0.3) is 0 Å². The number of furan rings is 1. The predicted octanol–water partition coefficient (Wildman–Crippen LogP) is 21.9. The molecule has 0 spiro atoms. The number of anilines is 6. The van der Waals surface area contributed by atoms with Gasteiger partial charge in [-0.1, -0.05) is 172 Å². The van der Waals surface area contributed by atoms with Crippen molar-refractivity contribution in [2.24, 2.45) is 0 Å². The van der Waals surface area contributed by atoms with Crippen LogP contribution in [0.3, 0.4) is 0 Å². The number of hydrogen-bond donors (Lipinski definition) is 0. The second-order valence-corrected chi connectivity index (χ2v) is 23.8. The van der Waals surface area contributed by atoms with Gasteiger partial charge in [-0.2, -0.15) is 0 Å². The molecule has 15 rings (SSSR count). The molecule has 0 saturated heterocycles. The number of para-hydroxylation sites is 1. The summed E-state index contributed by atoms with van der Waals surface area (Å²) in [5.74, 6) is 0. The van der Waals surface area contributed by atoms with Crippen molar-refractivity contribution in [3.8, 4) is 66.8 Å². The van der Waals surface area contributed by atoms with E-state index in [1.54, 1.807) is 0 Å². The molecule has 0 fully saturated rings. The molecule has 2 heterocycles. The van der Waals surface area contributed by atoms with E-state index in [1.807, 2.05) is 23.5 Å². The van der Waals surface area contributed by atoms with Crippen LogP contribution in [0, 0.1) is 0 Å². The summed E-state index contributed by atoms with van der Waals surface area (Å²) < 4.78 is 8.77. The predicted molar refractivity (Wildman–Crippen MR) is 355 cm³/mol. The number of benzene rings is 12. The van der Waals surface area contributed by atoms with Gasteiger partial charge in [0.1, 0.15) is 11.2 Å². The number of nitrogens with zero attached hydrogens (tertiary/aromatic N) is 3. The van der Waals surface area contributed by atoms with Crippen molar-refractivity contribution >= 4 is 87.6 Å². The summed E-state index contributed by atoms with van der Waals surface area (Å²) >= 11 is 1.87. The Balaban J connectivity index is 0.629. The van der Waals surface area contributed by atoms with Crippen LogP contribution in [0.25, 0.3) is 109 Å². The van der Waals surface area contributed by atoms with Crippen molar-refractivity contribution in [2.75, 3.05) is 35.8 Å². The fourth-order valence-corrected chi connectivity index (χ4v) is 13.9. The van der Waals surface area contributed by atoms with Crippen molar-refractivity contribution in [1.29, 1.82) is 0 Å². The van der Waals surface area contributed by atoms with E-state index in [9.17, 15) is 0 Å². The molecule has 1 aliphatic rings. The van der Waals surface area contributed by atoms with Crippen LogP contribution < -0.4 is 14.7 Å². The Morgan fingerprint density at radius 2 is 0.687 bits per heavy atom. The van der Waals surface area contributed by atoms with E-state index >= 15 is 0 Å². The molecule has 0 radical (unpaired) electrons. The van der Waals surface area contributed by atoms with Gasteiger partial charge in [-0.15, -0.1) is 11.3 Å². The second-order valence-electron chi connectivity index (χ2n) is 22.7. The number of fused-ring (bicyclic) bond motifs is 9. The number of hydrogen-bond acceptors (Lipinski definition) is 5. The third kappa shape index (κ3) is 8.84. The molecule has 0 unspecified atom stereocenters. The lowest BCUT2D eigenvalue weighted by Gasteiger charge is -2.25. The number of rotatable bonds is 11. The summed E-state index contributed by atoms with van der Waals surface area (Å²) in [5.41, 5.74) is 26.0. The molecule has 0 saturated carbocycles. The largest absolute Gasteiger partial charge is 0.456 e. The average Bonchev–Trinajstić information content (AvgIpc) is 4.14. The molecule has 0 aliphatic heterocycles. The molecule has 5 heteroatoms. The van der Waals surface area contributed by atoms with Crippen molar-refractivity contribution in [3.63, 3.8) is 0 Å². The summed E-state index contributed by atoms with van der Waals surface area (Å²) in [5, 5.41) is 4.86. The van der Waals surface area contributed by atoms with Crippen LogP contribution in [-0.2, 0) is 5.41 Å². The zero-order valence-corrected chi connectivity index (χ0v) is 47.9. The highest BCUT2D eigenvalue weighted by molar-refractivity contribution is 7.25. The molecule has 14 aromatic rings. The van der Waals surface area contributed by atoms with Crippen LogP contribution in [-0.4, -0.2) is 21.1 Å². The van der Waals surface area contributed by atoms with Gasteiger partial charge in [0.05, 0.1) is 0 Å². The van der Waals surface area contributed by atoms with Gasteiger partial charge in [-0.3, -0.25) is 0 Å². The van der Waals surface area contributed by atoms with Gasteiger partial charge in [0.2, 0.25) is 0 Å². The summed E-state index contributed by atoms with van der Waals surface area (Å²) in [7, 11) is 6.44. The van der Waals surface area contributed by atoms with Gasteiger partial charge in [0.15, 0.2) is 0 Å². The van der Waals surface area contributed by atoms with Crippen LogP contribution >= 0.6 is 11.3 Å². The van der Waals surface area contributed by atoms with Crippen LogP contribution in [0.5, 0.6) is 0 Å². The number of thiophene rings is 1. The van der Waals surface area contributed by atoms with Crippen molar-refractivity contribution in [1.82, 2.24) is 0 Å². The smallest absolute Gasteiger partial charge is 0.137 e. The second kappa shape index (κ2) is 19.9. The Labute approximate surface area is 489 Å². The fourth-order valence-electron chi connectivity index (χ4n) is 12.7. The highest BCUT2D eigenvalue weighted by Gasteiger charge is 2.36. The van der Waals surface area contributed by atoms with Crippen molar-refractivity contribution in [2.45, 2.75) is 19.3 Å². The fraction of sp³-hybridized carbons (Fsp3) is 0.0769. The van der Waals surface area contributed by atoms with E-state index < -0.39 is 0 Å². The maximum Gasteiger partial charge on any atom is 0.137 e. The molecule has 398 valence electrons. The standard InChI is InChI=1S/C78H59N3OS/c1-78(2)72-42-28-58(45-71(72)66-39-35-63(47-73(66)78)79(3)60-29-21-51(22-30-60)50-13-7-6-8-14-50)56-17-11-15-54(43-56)52-25-33-62(34-26-52)81(5)65-37-41-70-69-38-27-59(46-76(69)83-77(70)49-65)57-18-12-16-55(44-57)53-23-31-61(32-24-53)80(4)64-36-40-68-67-19-9-10-20-74(67)82-75(68)48-64/h6-49H,1-5H3. The van der Waals surface area contributed by atoms with Crippen molar-refractivity contribution < 1.29 is 4.42 Å². The molecule has 1 aliphatic carbocycles. The Morgan fingerprint density at radius 1 is 0.277 bits per heavy atom. The highest BCUT2D eigenvalue weighted by atomic mass is 32.1. The minimum Gasteiger partial charge on any atom is -0.456 e. The van der Waals surface area contributed by atoms with Gasteiger partial charge >= 0.3 is 0 Å². The van der Waals surface area contributed by atoms with Gasteiger partial charge in [-0.05, 0) is 181 Å². The van der Waals surface area contributed by atoms with E-state index in [0.717, 1.165) is 44.7 Å². The quantitative estimate of drug-likeness (QED) is 0.129. The van der Waals surface area contributed by atoms with E-state index in [1.165, 1.54) is 109 Å². The lowest BCUT2D eigenvalue weighted by Crippen LogP contribution is -2.16. The van der Waals surface area contributed by atoms with Crippen molar-refractivity contribution in [3.05, 3.63) is 278 Å². The minimum atomic E-state index is -0.123. The molecular weight excluding hydrogens is 1030 g/mol. The van der Waals surface area contributed by atoms with Gasteiger partial charge in [-0.25, -0.2) is 0 Å². The van der Waals surface area contributed by atoms with Crippen LogP contribution in [0.4, 0.5) is 34.1 Å². The highest BCUT2D eigenvalue weighted by Crippen LogP contribution is 2.51. The first-order chi connectivity index (χ1) is 40.6. The minimum absolute atomic E-state index is 0.123. The molecular formula is C78H59N3OS. The maximum atomic E-state index is 6.20. The molecule has 83 heavy (non-hydrogen) atoms. The zero-order chi connectivity index (χ0) is 55.9. The first-order valence-electron chi connectivity index (χ1n) is 28.5. The van der Waals surface area contributed by atoms with Crippen LogP contribution in [0.2, 0.25) is 0 Å². The molecule has 4 nitrogen and oxygen atoms in total. The van der Waals surface area contributed by atoms with E-state index in [2.05, 4.69) is 304 Å². The zero-order valence-electron chi connectivity index (χ0n) is 47.1. The molecule has 0 N–H and O–H groups in total. The third-order valence-corrected chi connectivity index (χ3v) is 18.7. The Hall–Kier alpha value is -9.94. The van der Waals surface area contributed by atoms with E-state index in [-0.39, 0.29) is 5.41 Å². The van der Waals surface area contributed by atoms with Crippen LogP contribution in [0.1, 0.15) is 25.0 Å². The molecule has 2 aromatic heterocycles. The maximum absolute atomic E-state index is 6.20. The lowest BCUT2D eigenvalue weighted by atomic mass is 9.82. The Kier molecular flexibility index (Phi) is 12.0. The van der Waals surface area contributed by atoms with E-state index in [4.69, 9.17) is 4.42 Å². The normalized spacial score (nSPS) is 12.5. The van der Waals surface area contributed by atoms with Gasteiger partial charge in [0, 0.05) is 97.7 Å². The first kappa shape index (κ1) is 50.1. The topological polar surface area (TPSA) is 22.9 Å². The Morgan fingerprint density at radius 3 is 1.31 bits per heavy atom. The van der Waals surface area contributed by atoms with Gasteiger partial charge < -0.3 is 19.1 Å². The summed E-state index contributed by atoms with van der Waals surface area (Å²) in [6, 6.07) is 97.8. The lowest BCUT2D eigenvalue weighted by molar-refractivity contribution is 0.660. The average molecular weight is 1090 g/mol.